The van der Waals surface area contributed by atoms with Crippen molar-refractivity contribution >= 4 is 38.5 Å². The number of hydrogen-bond donors (Lipinski definition) is 2. The number of fused-ring (bicyclic) bond motifs is 5. The van der Waals surface area contributed by atoms with Crippen molar-refractivity contribution in [2.45, 2.75) is 51.2 Å². The highest BCUT2D eigenvalue weighted by Crippen LogP contribution is 2.50. The molecule has 1 saturated carbocycles. The number of halogens is 1. The number of nitriles is 1. The topological polar surface area (TPSA) is 113 Å². The monoisotopic (exact) mass is 633 g/mol. The smallest absolute Gasteiger partial charge is 0.249 e. The summed E-state index contributed by atoms with van der Waals surface area (Å²) < 4.78 is 31.3. The second-order valence-corrected chi connectivity index (χ2v) is 12.9. The number of aromatic nitrogens is 2. The lowest BCUT2D eigenvalue weighted by molar-refractivity contribution is -0.145. The number of aromatic hydroxyl groups is 1. The van der Waals surface area contributed by atoms with Gasteiger partial charge in [-0.05, 0) is 78.8 Å². The number of hydrogen-bond acceptors (Lipinski definition) is 7. The second-order valence-electron chi connectivity index (χ2n) is 12.9. The molecule has 0 spiro atoms. The van der Waals surface area contributed by atoms with Crippen LogP contribution in [0.2, 0.25) is 0 Å². The number of ether oxygens (including phenoxy) is 2. The number of nitrogens with zero attached hydrogens (tertiary/aromatic N) is 4. The molecular weight excluding hydrogens is 597 g/mol. The van der Waals surface area contributed by atoms with Gasteiger partial charge in [0.25, 0.3) is 0 Å². The fourth-order valence-electron chi connectivity index (χ4n) is 8.14. The summed E-state index contributed by atoms with van der Waals surface area (Å²) in [6, 6.07) is 17.2. The van der Waals surface area contributed by atoms with E-state index >= 15 is 4.39 Å². The zero-order valence-electron chi connectivity index (χ0n) is 26.4. The molecule has 5 heterocycles. The molecule has 3 aliphatic heterocycles. The molecule has 9 rings (SSSR count). The van der Waals surface area contributed by atoms with Crippen LogP contribution in [0.4, 0.5) is 4.39 Å². The molecule has 47 heavy (non-hydrogen) atoms. The van der Waals surface area contributed by atoms with E-state index in [-0.39, 0.29) is 48.3 Å². The van der Waals surface area contributed by atoms with Gasteiger partial charge in [0.1, 0.15) is 17.9 Å². The van der Waals surface area contributed by atoms with E-state index in [2.05, 4.69) is 22.0 Å². The van der Waals surface area contributed by atoms with Crippen molar-refractivity contribution in [3.8, 4) is 28.8 Å². The van der Waals surface area contributed by atoms with E-state index in [1.165, 1.54) is 0 Å². The van der Waals surface area contributed by atoms with Gasteiger partial charge in [-0.2, -0.15) is 5.26 Å². The van der Waals surface area contributed by atoms with Crippen LogP contribution in [0.1, 0.15) is 50.0 Å². The Bertz CT molecular complexity index is 2110. The SMILES string of the molecule is CCOc1nc2c(F)c(-c3cc(O)cc4ccccc34)c(CCC#N)cc2c2c1cc(C(C)N1CCOCC1=O)n2C1C2CNC1C2. The standard InChI is InChI=1S/C37H36FN5O4/c1-3-47-37-28-17-30(20(2)42-11-12-46-19-31(42)45)43(35-23-15-29(35)40-18-23)36(28)27-14-22(8-6-10-39)32(33(38)34(27)41-37)26-16-24(44)13-21-7-4-5-9-25(21)26/h4-5,7,9,13-14,16-17,20,23,29,35,40,44H,3,6,8,11-12,15,18-19H2,1-2H3. The normalized spacial score (nSPS) is 21.4. The highest BCUT2D eigenvalue weighted by atomic mass is 19.1. The average Bonchev–Trinajstić information content (AvgIpc) is 3.81. The lowest BCUT2D eigenvalue weighted by Crippen LogP contribution is -2.45. The minimum atomic E-state index is -0.519. The summed E-state index contributed by atoms with van der Waals surface area (Å²) in [6.07, 6.45) is 1.58. The Morgan fingerprint density at radius 2 is 2.06 bits per heavy atom. The lowest BCUT2D eigenvalue weighted by Gasteiger charge is -2.40. The summed E-state index contributed by atoms with van der Waals surface area (Å²) in [5.74, 6) is 0.193. The Balaban J connectivity index is 1.46. The van der Waals surface area contributed by atoms with E-state index in [4.69, 9.17) is 14.5 Å². The molecule has 1 amide bonds. The predicted octanol–water partition coefficient (Wildman–Crippen LogP) is 6.16. The highest BCUT2D eigenvalue weighted by molar-refractivity contribution is 6.10. The third-order valence-electron chi connectivity index (χ3n) is 10.3. The summed E-state index contributed by atoms with van der Waals surface area (Å²) in [5, 5.41) is 27.0. The molecule has 4 aliphatic rings. The van der Waals surface area contributed by atoms with Gasteiger partial charge in [0.05, 0.1) is 42.3 Å². The molecule has 4 unspecified atom stereocenters. The summed E-state index contributed by atoms with van der Waals surface area (Å²) in [7, 11) is 0. The van der Waals surface area contributed by atoms with Gasteiger partial charge in [0.2, 0.25) is 11.8 Å². The molecule has 3 saturated heterocycles. The van der Waals surface area contributed by atoms with Crippen molar-refractivity contribution in [1.82, 2.24) is 19.8 Å². The first kappa shape index (κ1) is 29.7. The van der Waals surface area contributed by atoms with E-state index in [0.717, 1.165) is 40.3 Å². The molecule has 3 aromatic carbocycles. The van der Waals surface area contributed by atoms with Crippen LogP contribution >= 0.6 is 0 Å². The number of phenolic OH excluding ortho intramolecular Hbond substituents is 1. The van der Waals surface area contributed by atoms with Gasteiger partial charge in [-0.3, -0.25) is 4.79 Å². The van der Waals surface area contributed by atoms with Crippen LogP contribution in [-0.2, 0) is 16.0 Å². The third-order valence-corrected chi connectivity index (χ3v) is 10.3. The van der Waals surface area contributed by atoms with Gasteiger partial charge >= 0.3 is 0 Å². The van der Waals surface area contributed by atoms with Gasteiger partial charge in [-0.25, -0.2) is 9.37 Å². The number of nitrogens with one attached hydrogen (secondary N) is 1. The maximum Gasteiger partial charge on any atom is 0.249 e. The number of rotatable bonds is 8. The maximum absolute atomic E-state index is 17.4. The molecule has 2 bridgehead atoms. The Kier molecular flexibility index (Phi) is 7.27. The molecule has 2 N–H and O–H groups in total. The number of benzene rings is 3. The minimum absolute atomic E-state index is 0.0287. The first-order chi connectivity index (χ1) is 22.9. The fraction of sp³-hybridized carbons (Fsp3) is 0.378. The van der Waals surface area contributed by atoms with Crippen LogP contribution in [-0.4, -0.2) is 64.4 Å². The molecule has 10 heteroatoms. The molecule has 4 fully saturated rings. The Labute approximate surface area is 271 Å². The largest absolute Gasteiger partial charge is 0.508 e. The van der Waals surface area contributed by atoms with Crippen LogP contribution in [0.15, 0.2) is 48.5 Å². The van der Waals surface area contributed by atoms with Crippen LogP contribution in [0.5, 0.6) is 11.6 Å². The van der Waals surface area contributed by atoms with E-state index in [1.54, 1.807) is 12.1 Å². The van der Waals surface area contributed by atoms with Crippen LogP contribution in [0.25, 0.3) is 43.7 Å². The molecule has 240 valence electrons. The number of amides is 1. The second kappa shape index (κ2) is 11.5. The fourth-order valence-corrected chi connectivity index (χ4v) is 8.14. The third kappa shape index (κ3) is 4.63. The summed E-state index contributed by atoms with van der Waals surface area (Å²) in [5.41, 5.74) is 3.49. The molecule has 9 nitrogen and oxygen atoms in total. The first-order valence-corrected chi connectivity index (χ1v) is 16.4. The lowest BCUT2D eigenvalue weighted by atomic mass is 9.79. The van der Waals surface area contributed by atoms with Gasteiger partial charge in [0, 0.05) is 42.2 Å². The Morgan fingerprint density at radius 1 is 1.21 bits per heavy atom. The van der Waals surface area contributed by atoms with Crippen molar-refractivity contribution in [3.05, 3.63) is 65.6 Å². The Morgan fingerprint density at radius 3 is 2.81 bits per heavy atom. The predicted molar refractivity (Wildman–Crippen MR) is 177 cm³/mol. The van der Waals surface area contributed by atoms with E-state index < -0.39 is 5.82 Å². The Hall–Kier alpha value is -4.72. The molecule has 1 aliphatic carbocycles. The van der Waals surface area contributed by atoms with Crippen molar-refractivity contribution in [1.29, 1.82) is 5.26 Å². The van der Waals surface area contributed by atoms with Crippen LogP contribution in [0, 0.1) is 23.1 Å². The molecule has 4 atom stereocenters. The number of pyridine rings is 1. The summed E-state index contributed by atoms with van der Waals surface area (Å²) >= 11 is 0. The summed E-state index contributed by atoms with van der Waals surface area (Å²) in [6.45, 7) is 6.18. The molecule has 0 radical (unpaired) electrons. The number of carbonyl (C=O) groups excluding carboxylic acids is 1. The minimum Gasteiger partial charge on any atom is -0.508 e. The molecular formula is C37H36FN5O4. The van der Waals surface area contributed by atoms with Gasteiger partial charge < -0.3 is 29.4 Å². The average molecular weight is 634 g/mol. The van der Waals surface area contributed by atoms with Gasteiger partial charge in [0.15, 0.2) is 5.82 Å². The number of morpholine rings is 1. The van der Waals surface area contributed by atoms with Crippen LogP contribution in [0.3, 0.4) is 0 Å². The first-order valence-electron chi connectivity index (χ1n) is 16.4. The molecule has 2 aromatic heterocycles. The summed E-state index contributed by atoms with van der Waals surface area (Å²) in [4.78, 5) is 19.7. The number of phenols is 1. The van der Waals surface area contributed by atoms with E-state index in [9.17, 15) is 15.2 Å². The van der Waals surface area contributed by atoms with Crippen LogP contribution < -0.4 is 10.1 Å². The van der Waals surface area contributed by atoms with Crippen molar-refractivity contribution < 1.29 is 23.8 Å². The zero-order valence-corrected chi connectivity index (χ0v) is 26.4. The van der Waals surface area contributed by atoms with Crippen molar-refractivity contribution in [2.75, 3.05) is 32.9 Å². The maximum atomic E-state index is 17.4. The van der Waals surface area contributed by atoms with Crippen molar-refractivity contribution in [2.24, 2.45) is 5.92 Å². The quantitative estimate of drug-likeness (QED) is 0.210. The van der Waals surface area contributed by atoms with Crippen molar-refractivity contribution in [3.63, 3.8) is 0 Å². The molecule has 5 aromatic rings. The van der Waals surface area contributed by atoms with E-state index in [1.807, 2.05) is 49.1 Å². The van der Waals surface area contributed by atoms with E-state index in [0.29, 0.717) is 60.1 Å². The zero-order chi connectivity index (χ0) is 32.4. The number of carbonyl (C=O) groups is 1. The van der Waals surface area contributed by atoms with Gasteiger partial charge in [-0.1, -0.05) is 24.3 Å². The van der Waals surface area contributed by atoms with Gasteiger partial charge in [-0.15, -0.1) is 0 Å². The highest BCUT2D eigenvalue weighted by Gasteiger charge is 2.49. The number of aryl methyl sites for hydroxylation is 1.